The van der Waals surface area contributed by atoms with Gasteiger partial charge >= 0.3 is 0 Å². The number of ether oxygens (including phenoxy) is 3. The van der Waals surface area contributed by atoms with E-state index in [1.807, 2.05) is 0 Å². The minimum Gasteiger partial charge on any atom is -0.493 e. The second-order valence-electron chi connectivity index (χ2n) is 6.37. The monoisotopic (exact) mass is 488 g/mol. The molecule has 0 aliphatic rings. The van der Waals surface area contributed by atoms with Gasteiger partial charge in [-0.2, -0.15) is 0 Å². The largest absolute Gasteiger partial charge is 0.493 e. The van der Waals surface area contributed by atoms with Gasteiger partial charge in [-0.15, -0.1) is 10.2 Å². The van der Waals surface area contributed by atoms with Gasteiger partial charge in [-0.3, -0.25) is 20.2 Å². The Kier molecular flexibility index (Phi) is 8.22. The Morgan fingerprint density at radius 3 is 2.36 bits per heavy atom. The van der Waals surface area contributed by atoms with Crippen LogP contribution in [-0.4, -0.2) is 42.4 Å². The molecule has 1 N–H and O–H groups in total. The molecule has 3 rings (SSSR count). The Bertz CT molecular complexity index is 1140. The zero-order valence-electron chi connectivity index (χ0n) is 17.9. The molecular formula is C21H20N4O6S2. The van der Waals surface area contributed by atoms with Gasteiger partial charge in [-0.25, -0.2) is 0 Å². The molecule has 1 aromatic heterocycles. The van der Waals surface area contributed by atoms with Crippen molar-refractivity contribution in [2.24, 2.45) is 0 Å². The molecule has 1 amide bonds. The van der Waals surface area contributed by atoms with Crippen molar-refractivity contribution in [2.75, 3.05) is 26.6 Å². The fourth-order valence-corrected chi connectivity index (χ4v) is 4.40. The smallest absolute Gasteiger partial charge is 0.269 e. The Morgan fingerprint density at radius 2 is 1.79 bits per heavy atom. The zero-order chi connectivity index (χ0) is 23.8. The number of rotatable bonds is 10. The first kappa shape index (κ1) is 24.0. The number of nitrogens with one attached hydrogen (secondary N) is 1. The average Bonchev–Trinajstić information content (AvgIpc) is 3.27. The summed E-state index contributed by atoms with van der Waals surface area (Å²) in [5.41, 5.74) is 1.65. The summed E-state index contributed by atoms with van der Waals surface area (Å²) >= 11 is 2.66. The van der Waals surface area contributed by atoms with Gasteiger partial charge in [0.15, 0.2) is 15.8 Å². The molecule has 0 atom stereocenters. The van der Waals surface area contributed by atoms with Gasteiger partial charge in [-0.05, 0) is 29.3 Å². The van der Waals surface area contributed by atoms with Gasteiger partial charge in [0, 0.05) is 24.0 Å². The summed E-state index contributed by atoms with van der Waals surface area (Å²) in [6.07, 6.45) is 2.98. The molecule has 0 aliphatic heterocycles. The van der Waals surface area contributed by atoms with Crippen molar-refractivity contribution >= 4 is 45.9 Å². The summed E-state index contributed by atoms with van der Waals surface area (Å²) < 4.78 is 16.6. The normalized spacial score (nSPS) is 10.8. The minimum absolute atomic E-state index is 0.0456. The first-order valence-corrected chi connectivity index (χ1v) is 11.2. The van der Waals surface area contributed by atoms with Crippen molar-refractivity contribution in [3.8, 4) is 17.2 Å². The average molecular weight is 489 g/mol. The van der Waals surface area contributed by atoms with Crippen LogP contribution in [0, 0.1) is 10.1 Å². The summed E-state index contributed by atoms with van der Waals surface area (Å²) in [4.78, 5) is 22.6. The molecule has 0 aliphatic carbocycles. The highest BCUT2D eigenvalue weighted by atomic mass is 32.2. The molecule has 0 fully saturated rings. The molecule has 172 valence electrons. The fraction of sp³-hybridized carbons (Fsp3) is 0.190. The van der Waals surface area contributed by atoms with Crippen molar-refractivity contribution < 1.29 is 23.9 Å². The second-order valence-corrected chi connectivity index (χ2v) is 8.57. The number of non-ortho nitro benzene ring substituents is 1. The quantitative estimate of drug-likeness (QED) is 0.145. The first-order chi connectivity index (χ1) is 15.9. The molecule has 0 saturated heterocycles. The third-order valence-electron chi connectivity index (χ3n) is 4.26. The van der Waals surface area contributed by atoms with Crippen molar-refractivity contribution in [1.82, 2.24) is 10.2 Å². The number of amides is 1. The first-order valence-electron chi connectivity index (χ1n) is 9.42. The highest BCUT2D eigenvalue weighted by molar-refractivity contribution is 8.00. The number of methoxy groups -OCH3 is 3. The number of nitro benzene ring substituents is 1. The molecule has 12 heteroatoms. The number of anilines is 1. The molecule has 1 heterocycles. The molecule has 0 unspecified atom stereocenters. The molecule has 3 aromatic rings. The maximum Gasteiger partial charge on any atom is 0.269 e. The number of carbonyl (C=O) groups is 1. The van der Waals surface area contributed by atoms with E-state index in [-0.39, 0.29) is 11.6 Å². The van der Waals surface area contributed by atoms with E-state index in [0.717, 1.165) is 5.56 Å². The van der Waals surface area contributed by atoms with Crippen LogP contribution in [0.5, 0.6) is 17.2 Å². The highest BCUT2D eigenvalue weighted by Crippen LogP contribution is 2.38. The molecule has 0 radical (unpaired) electrons. The van der Waals surface area contributed by atoms with Crippen LogP contribution in [0.2, 0.25) is 0 Å². The molecule has 2 aromatic carbocycles. The Labute approximate surface area is 197 Å². The molecule has 0 saturated carbocycles. The fourth-order valence-electron chi connectivity index (χ4n) is 2.69. The van der Waals surface area contributed by atoms with Crippen LogP contribution in [0.1, 0.15) is 11.1 Å². The van der Waals surface area contributed by atoms with Crippen molar-refractivity contribution in [3.05, 3.63) is 63.7 Å². The van der Waals surface area contributed by atoms with Crippen molar-refractivity contribution in [1.29, 1.82) is 0 Å². The Balaban J connectivity index is 1.58. The van der Waals surface area contributed by atoms with Crippen LogP contribution in [0.25, 0.3) is 6.08 Å². The lowest BCUT2D eigenvalue weighted by Gasteiger charge is -2.12. The number of aromatic nitrogens is 2. The predicted octanol–water partition coefficient (Wildman–Crippen LogP) is 4.42. The van der Waals surface area contributed by atoms with Crippen molar-refractivity contribution in [2.45, 2.75) is 10.1 Å². The number of benzene rings is 2. The molecule has 33 heavy (non-hydrogen) atoms. The van der Waals surface area contributed by atoms with Crippen LogP contribution in [0.15, 0.2) is 46.8 Å². The van der Waals surface area contributed by atoms with E-state index in [4.69, 9.17) is 14.2 Å². The van der Waals surface area contributed by atoms with E-state index in [0.29, 0.717) is 38.0 Å². The highest BCUT2D eigenvalue weighted by Gasteiger charge is 2.13. The van der Waals surface area contributed by atoms with Gasteiger partial charge in [0.1, 0.15) is 0 Å². The van der Waals surface area contributed by atoms with E-state index in [1.165, 1.54) is 62.6 Å². The van der Waals surface area contributed by atoms with Crippen molar-refractivity contribution in [3.63, 3.8) is 0 Å². The summed E-state index contributed by atoms with van der Waals surface area (Å²) in [7, 11) is 4.55. The minimum atomic E-state index is -0.438. The number of carbonyl (C=O) groups excluding carboxylic acids is 1. The third kappa shape index (κ3) is 6.43. The van der Waals surface area contributed by atoms with Gasteiger partial charge in [-0.1, -0.05) is 35.2 Å². The van der Waals surface area contributed by atoms with E-state index < -0.39 is 4.92 Å². The summed E-state index contributed by atoms with van der Waals surface area (Å²) in [5.74, 6) is 1.63. The van der Waals surface area contributed by atoms with Gasteiger partial charge in [0.2, 0.25) is 16.8 Å². The number of hydrogen-bond donors (Lipinski definition) is 1. The maximum atomic E-state index is 12.3. The standard InChI is InChI=1S/C21H20N4O6S2/c1-29-16-10-14(11-17(30-2)19(16)31-3)6-9-18(26)22-20-23-24-21(33-20)32-12-13-4-7-15(8-5-13)25(27)28/h4-11H,12H2,1-3H3,(H,22,23,26). The van der Waals surface area contributed by atoms with Crippen LogP contribution < -0.4 is 19.5 Å². The lowest BCUT2D eigenvalue weighted by Crippen LogP contribution is -2.07. The van der Waals surface area contributed by atoms with Gasteiger partial charge < -0.3 is 14.2 Å². The Morgan fingerprint density at radius 1 is 1.12 bits per heavy atom. The van der Waals surface area contributed by atoms with Crippen LogP contribution in [0.4, 0.5) is 10.8 Å². The number of thioether (sulfide) groups is 1. The molecule has 0 bridgehead atoms. The van der Waals surface area contributed by atoms with Gasteiger partial charge in [0.05, 0.1) is 26.3 Å². The zero-order valence-corrected chi connectivity index (χ0v) is 19.6. The number of nitrogens with zero attached hydrogens (tertiary/aromatic N) is 3. The molecule has 0 spiro atoms. The maximum absolute atomic E-state index is 12.3. The second kappa shape index (κ2) is 11.3. The Hall–Kier alpha value is -3.64. The van der Waals surface area contributed by atoms with Crippen LogP contribution in [-0.2, 0) is 10.5 Å². The molecule has 10 nitrogen and oxygen atoms in total. The van der Waals surface area contributed by atoms with E-state index in [1.54, 1.807) is 30.3 Å². The summed E-state index contributed by atoms with van der Waals surface area (Å²) in [6.45, 7) is 0. The van der Waals surface area contributed by atoms with E-state index in [2.05, 4.69) is 15.5 Å². The number of hydrogen-bond acceptors (Lipinski definition) is 10. The van der Waals surface area contributed by atoms with E-state index in [9.17, 15) is 14.9 Å². The summed E-state index contributed by atoms with van der Waals surface area (Å²) in [6, 6.07) is 9.77. The van der Waals surface area contributed by atoms with Crippen LogP contribution in [0.3, 0.4) is 0 Å². The lowest BCUT2D eigenvalue weighted by molar-refractivity contribution is -0.384. The van der Waals surface area contributed by atoms with E-state index >= 15 is 0 Å². The SMILES string of the molecule is COc1cc(C=CC(=O)Nc2nnc(SCc3ccc([N+](=O)[O-])cc3)s2)cc(OC)c1OC. The third-order valence-corrected chi connectivity index (χ3v) is 6.30. The van der Waals surface area contributed by atoms with Gasteiger partial charge in [0.25, 0.3) is 5.69 Å². The van der Waals surface area contributed by atoms with Crippen LogP contribution >= 0.6 is 23.1 Å². The number of nitro groups is 1. The summed E-state index contributed by atoms with van der Waals surface area (Å²) in [5, 5.41) is 21.8. The lowest BCUT2D eigenvalue weighted by atomic mass is 10.1. The molecular weight excluding hydrogens is 468 g/mol. The predicted molar refractivity (Wildman–Crippen MR) is 126 cm³/mol. The topological polar surface area (TPSA) is 126 Å².